The van der Waals surface area contributed by atoms with Crippen LogP contribution in [0.25, 0.3) is 5.65 Å². The third-order valence-electron chi connectivity index (χ3n) is 3.60. The maximum atomic E-state index is 12.7. The first-order valence-electron chi connectivity index (χ1n) is 7.52. The standard InChI is InChI=1S/C18H15ClN2O3/c1-2-24-18(23)16-14(11-12-7-3-4-8-13(12)19)20-15-9-5-6-10-21(15)17(16)22/h3-10H,2,11H2,1H3. The van der Waals surface area contributed by atoms with E-state index in [0.29, 0.717) is 16.4 Å². The molecular weight excluding hydrogens is 328 g/mol. The van der Waals surface area contributed by atoms with Crippen LogP contribution in [0, 0.1) is 0 Å². The Labute approximate surface area is 143 Å². The molecule has 0 aliphatic heterocycles. The van der Waals surface area contributed by atoms with Crippen molar-refractivity contribution in [3.63, 3.8) is 0 Å². The van der Waals surface area contributed by atoms with E-state index >= 15 is 0 Å². The number of rotatable bonds is 4. The van der Waals surface area contributed by atoms with E-state index in [2.05, 4.69) is 4.98 Å². The molecule has 0 N–H and O–H groups in total. The molecule has 0 saturated heterocycles. The van der Waals surface area contributed by atoms with Crippen molar-refractivity contribution in [1.82, 2.24) is 9.38 Å². The number of fused-ring (bicyclic) bond motifs is 1. The Morgan fingerprint density at radius 1 is 1.21 bits per heavy atom. The number of benzene rings is 1. The summed E-state index contributed by atoms with van der Waals surface area (Å²) in [6.45, 7) is 1.87. The Hall–Kier alpha value is -2.66. The molecule has 1 aromatic carbocycles. The number of ether oxygens (including phenoxy) is 1. The van der Waals surface area contributed by atoms with Gasteiger partial charge >= 0.3 is 5.97 Å². The maximum absolute atomic E-state index is 12.7. The van der Waals surface area contributed by atoms with Crippen LogP contribution in [0.15, 0.2) is 53.5 Å². The molecular formula is C18H15ClN2O3. The number of aromatic nitrogens is 2. The van der Waals surface area contributed by atoms with Crippen LogP contribution in [0.3, 0.4) is 0 Å². The average molecular weight is 343 g/mol. The van der Waals surface area contributed by atoms with Gasteiger partial charge in [-0.15, -0.1) is 0 Å². The molecule has 5 nitrogen and oxygen atoms in total. The van der Waals surface area contributed by atoms with E-state index in [-0.39, 0.29) is 18.6 Å². The second-order valence-electron chi connectivity index (χ2n) is 5.16. The minimum absolute atomic E-state index is 0.0551. The highest BCUT2D eigenvalue weighted by Gasteiger charge is 2.21. The number of hydrogen-bond acceptors (Lipinski definition) is 4. The Morgan fingerprint density at radius 2 is 1.96 bits per heavy atom. The minimum atomic E-state index is -0.671. The number of carbonyl (C=O) groups excluding carboxylic acids is 1. The summed E-state index contributed by atoms with van der Waals surface area (Å²) in [6, 6.07) is 12.5. The predicted molar refractivity (Wildman–Crippen MR) is 91.7 cm³/mol. The highest BCUT2D eigenvalue weighted by molar-refractivity contribution is 6.31. The van der Waals surface area contributed by atoms with Crippen LogP contribution >= 0.6 is 11.6 Å². The monoisotopic (exact) mass is 342 g/mol. The molecule has 0 bridgehead atoms. The predicted octanol–water partition coefficient (Wildman–Crippen LogP) is 3.12. The summed E-state index contributed by atoms with van der Waals surface area (Å²) in [5, 5.41) is 0.558. The normalized spacial score (nSPS) is 10.8. The quantitative estimate of drug-likeness (QED) is 0.683. The Kier molecular flexibility index (Phi) is 4.62. The molecule has 122 valence electrons. The van der Waals surface area contributed by atoms with Crippen molar-refractivity contribution >= 4 is 23.2 Å². The fourth-order valence-corrected chi connectivity index (χ4v) is 2.70. The van der Waals surface area contributed by atoms with Gasteiger partial charge in [0.25, 0.3) is 5.56 Å². The number of hydrogen-bond donors (Lipinski definition) is 0. The molecule has 0 radical (unpaired) electrons. The second-order valence-corrected chi connectivity index (χ2v) is 5.56. The Morgan fingerprint density at radius 3 is 2.71 bits per heavy atom. The van der Waals surface area contributed by atoms with E-state index in [1.807, 2.05) is 18.2 Å². The van der Waals surface area contributed by atoms with Crippen LogP contribution < -0.4 is 5.56 Å². The van der Waals surface area contributed by atoms with Crippen molar-refractivity contribution in [1.29, 1.82) is 0 Å². The van der Waals surface area contributed by atoms with Gasteiger partial charge in [0.15, 0.2) is 0 Å². The zero-order valence-electron chi connectivity index (χ0n) is 13.0. The molecule has 0 unspecified atom stereocenters. The lowest BCUT2D eigenvalue weighted by Gasteiger charge is -2.11. The van der Waals surface area contributed by atoms with Gasteiger partial charge in [-0.05, 0) is 30.7 Å². The molecule has 6 heteroatoms. The number of esters is 1. The van der Waals surface area contributed by atoms with Crippen LogP contribution in [0.5, 0.6) is 0 Å². The summed E-state index contributed by atoms with van der Waals surface area (Å²) in [6.07, 6.45) is 1.85. The summed E-state index contributed by atoms with van der Waals surface area (Å²) in [5.74, 6) is -0.671. The molecule has 0 aliphatic carbocycles. The van der Waals surface area contributed by atoms with Gasteiger partial charge in [0.1, 0.15) is 11.2 Å². The summed E-state index contributed by atoms with van der Waals surface area (Å²) in [7, 11) is 0. The van der Waals surface area contributed by atoms with Gasteiger partial charge in [-0.2, -0.15) is 0 Å². The van der Waals surface area contributed by atoms with Crippen LogP contribution in [-0.4, -0.2) is 22.0 Å². The van der Waals surface area contributed by atoms with Gasteiger partial charge in [0.05, 0.1) is 12.3 Å². The third-order valence-corrected chi connectivity index (χ3v) is 3.97. The lowest BCUT2D eigenvalue weighted by atomic mass is 10.1. The number of carbonyl (C=O) groups is 1. The van der Waals surface area contributed by atoms with E-state index < -0.39 is 11.5 Å². The van der Waals surface area contributed by atoms with Gasteiger partial charge in [0.2, 0.25) is 0 Å². The molecule has 0 spiro atoms. The van der Waals surface area contributed by atoms with Crippen molar-refractivity contribution in [2.45, 2.75) is 13.3 Å². The molecule has 0 fully saturated rings. The van der Waals surface area contributed by atoms with Crippen molar-refractivity contribution < 1.29 is 9.53 Å². The summed E-state index contributed by atoms with van der Waals surface area (Å²) in [4.78, 5) is 29.5. The molecule has 0 saturated carbocycles. The van der Waals surface area contributed by atoms with E-state index in [1.54, 1.807) is 37.4 Å². The SMILES string of the molecule is CCOC(=O)c1c(Cc2ccccc2Cl)nc2ccccn2c1=O. The fraction of sp³-hybridized carbons (Fsp3) is 0.167. The first-order valence-corrected chi connectivity index (χ1v) is 7.90. The van der Waals surface area contributed by atoms with Gasteiger partial charge in [-0.25, -0.2) is 9.78 Å². The van der Waals surface area contributed by atoms with Gasteiger partial charge in [0, 0.05) is 17.6 Å². The molecule has 2 heterocycles. The molecule has 0 aliphatic rings. The van der Waals surface area contributed by atoms with Crippen molar-refractivity contribution in [3.8, 4) is 0 Å². The van der Waals surface area contributed by atoms with E-state index in [0.717, 1.165) is 5.56 Å². The summed E-state index contributed by atoms with van der Waals surface area (Å²) >= 11 is 6.20. The molecule has 0 amide bonds. The first kappa shape index (κ1) is 16.2. The van der Waals surface area contributed by atoms with E-state index in [9.17, 15) is 9.59 Å². The van der Waals surface area contributed by atoms with Gasteiger partial charge in [-0.3, -0.25) is 9.20 Å². The zero-order valence-corrected chi connectivity index (χ0v) is 13.8. The minimum Gasteiger partial charge on any atom is -0.462 e. The topological polar surface area (TPSA) is 60.7 Å². The molecule has 24 heavy (non-hydrogen) atoms. The fourth-order valence-electron chi connectivity index (χ4n) is 2.49. The summed E-state index contributed by atoms with van der Waals surface area (Å²) < 4.78 is 6.38. The van der Waals surface area contributed by atoms with Crippen molar-refractivity contribution in [2.75, 3.05) is 6.61 Å². The van der Waals surface area contributed by atoms with Crippen LogP contribution in [0.4, 0.5) is 0 Å². The van der Waals surface area contributed by atoms with Crippen molar-refractivity contribution in [3.05, 3.63) is 80.9 Å². The van der Waals surface area contributed by atoms with Crippen LogP contribution in [0.2, 0.25) is 5.02 Å². The summed E-state index contributed by atoms with van der Waals surface area (Å²) in [5.41, 5.74) is 1.12. The largest absolute Gasteiger partial charge is 0.462 e. The highest BCUT2D eigenvalue weighted by atomic mass is 35.5. The first-order chi connectivity index (χ1) is 11.6. The molecule has 3 aromatic rings. The number of pyridine rings is 1. The number of nitrogens with zero attached hydrogens (tertiary/aromatic N) is 2. The van der Waals surface area contributed by atoms with Gasteiger partial charge in [-0.1, -0.05) is 35.9 Å². The Balaban J connectivity index is 2.21. The lowest BCUT2D eigenvalue weighted by Crippen LogP contribution is -2.27. The van der Waals surface area contributed by atoms with Crippen LogP contribution in [0.1, 0.15) is 28.5 Å². The number of halogens is 1. The maximum Gasteiger partial charge on any atom is 0.345 e. The zero-order chi connectivity index (χ0) is 17.1. The average Bonchev–Trinajstić information content (AvgIpc) is 2.57. The highest BCUT2D eigenvalue weighted by Crippen LogP contribution is 2.19. The molecule has 0 atom stereocenters. The van der Waals surface area contributed by atoms with E-state index in [1.165, 1.54) is 4.40 Å². The third kappa shape index (κ3) is 3.03. The van der Waals surface area contributed by atoms with E-state index in [4.69, 9.17) is 16.3 Å². The smallest absolute Gasteiger partial charge is 0.345 e. The molecule has 3 rings (SSSR count). The van der Waals surface area contributed by atoms with Crippen LogP contribution in [-0.2, 0) is 11.2 Å². The second kappa shape index (κ2) is 6.84. The Bertz CT molecular complexity index is 966. The molecule has 2 aromatic heterocycles. The van der Waals surface area contributed by atoms with Crippen molar-refractivity contribution in [2.24, 2.45) is 0 Å². The lowest BCUT2D eigenvalue weighted by molar-refractivity contribution is 0.0522. The van der Waals surface area contributed by atoms with Gasteiger partial charge < -0.3 is 4.74 Å².